The second-order valence-corrected chi connectivity index (χ2v) is 8.40. The molecule has 0 amide bonds. The smallest absolute Gasteiger partial charge is 0.343 e. The molecule has 0 N–H and O–H groups in total. The number of benzene rings is 3. The minimum atomic E-state index is -0.397. The predicted molar refractivity (Wildman–Crippen MR) is 133 cm³/mol. The van der Waals surface area contributed by atoms with Crippen molar-refractivity contribution in [3.8, 4) is 11.5 Å². The Morgan fingerprint density at radius 2 is 1.62 bits per heavy atom. The maximum absolute atomic E-state index is 12.4. The predicted octanol–water partition coefficient (Wildman–Crippen LogP) is 7.77. The first-order chi connectivity index (χ1) is 15.6. The van der Waals surface area contributed by atoms with Crippen molar-refractivity contribution in [2.75, 3.05) is 6.61 Å². The number of esters is 1. The quantitative estimate of drug-likeness (QED) is 0.118. The number of ether oxygens (including phenoxy) is 2. The van der Waals surface area contributed by atoms with Crippen molar-refractivity contribution in [1.29, 1.82) is 0 Å². The lowest BCUT2D eigenvalue weighted by Gasteiger charge is -2.08. The third-order valence-corrected chi connectivity index (χ3v) is 5.36. The van der Waals surface area contributed by atoms with Crippen molar-refractivity contribution < 1.29 is 14.3 Å². The van der Waals surface area contributed by atoms with Gasteiger partial charge in [-0.3, -0.25) is 4.99 Å². The molecule has 0 spiro atoms. The van der Waals surface area contributed by atoms with E-state index in [9.17, 15) is 4.79 Å². The zero-order valence-corrected chi connectivity index (χ0v) is 19.9. The summed E-state index contributed by atoms with van der Waals surface area (Å²) < 4.78 is 12.2. The molecule has 0 aliphatic carbocycles. The molecule has 3 rings (SSSR count). The molecule has 0 radical (unpaired) electrons. The van der Waals surface area contributed by atoms with Gasteiger partial charge >= 0.3 is 5.97 Å². The van der Waals surface area contributed by atoms with Gasteiger partial charge in [0.15, 0.2) is 0 Å². The van der Waals surface area contributed by atoms with E-state index in [4.69, 9.17) is 9.47 Å². The molecule has 0 atom stereocenters. The molecule has 3 aromatic rings. The monoisotopic (exact) mass is 493 g/mol. The summed E-state index contributed by atoms with van der Waals surface area (Å²) in [5, 5.41) is 0. The van der Waals surface area contributed by atoms with Crippen LogP contribution < -0.4 is 9.47 Å². The van der Waals surface area contributed by atoms with Crippen LogP contribution in [-0.4, -0.2) is 18.8 Å². The molecule has 0 unspecified atom stereocenters. The van der Waals surface area contributed by atoms with Crippen molar-refractivity contribution in [3.63, 3.8) is 0 Å². The Balaban J connectivity index is 1.47. The lowest BCUT2D eigenvalue weighted by molar-refractivity contribution is 0.0734. The van der Waals surface area contributed by atoms with Crippen LogP contribution in [0.15, 0.2) is 82.3 Å². The second kappa shape index (κ2) is 12.8. The molecule has 0 saturated carbocycles. The van der Waals surface area contributed by atoms with E-state index in [2.05, 4.69) is 27.8 Å². The van der Waals surface area contributed by atoms with Crippen LogP contribution in [0.5, 0.6) is 11.5 Å². The first-order valence-electron chi connectivity index (χ1n) is 11.0. The third-order valence-electron chi connectivity index (χ3n) is 4.87. The largest absolute Gasteiger partial charge is 0.494 e. The topological polar surface area (TPSA) is 47.9 Å². The highest BCUT2D eigenvalue weighted by Crippen LogP contribution is 2.20. The fourth-order valence-electron chi connectivity index (χ4n) is 3.08. The van der Waals surface area contributed by atoms with Gasteiger partial charge in [0.05, 0.1) is 17.9 Å². The van der Waals surface area contributed by atoms with E-state index >= 15 is 0 Å². The second-order valence-electron chi connectivity index (χ2n) is 7.48. The highest BCUT2D eigenvalue weighted by molar-refractivity contribution is 9.10. The van der Waals surface area contributed by atoms with Gasteiger partial charge in [0.2, 0.25) is 0 Å². The van der Waals surface area contributed by atoms with Crippen LogP contribution in [0.4, 0.5) is 5.69 Å². The minimum absolute atomic E-state index is 0.397. The Bertz CT molecular complexity index is 1010. The van der Waals surface area contributed by atoms with Gasteiger partial charge in [0.1, 0.15) is 11.5 Å². The first-order valence-corrected chi connectivity index (χ1v) is 11.8. The van der Waals surface area contributed by atoms with Crippen LogP contribution in [0.3, 0.4) is 0 Å². The SMILES string of the molecule is CCCCCCCOc1ccc(C(=O)Oc2ccc(C=Nc3cccc(Br)c3)cc2)cc1. The normalized spacial score (nSPS) is 10.9. The summed E-state index contributed by atoms with van der Waals surface area (Å²) in [7, 11) is 0. The van der Waals surface area contributed by atoms with Crippen LogP contribution >= 0.6 is 15.9 Å². The molecule has 0 fully saturated rings. The Kier molecular flexibility index (Phi) is 9.51. The molecule has 3 aromatic carbocycles. The minimum Gasteiger partial charge on any atom is -0.494 e. The molecule has 0 heterocycles. The zero-order valence-electron chi connectivity index (χ0n) is 18.3. The van der Waals surface area contributed by atoms with Crippen molar-refractivity contribution in [2.45, 2.75) is 39.0 Å². The number of nitrogens with zero attached hydrogens (tertiary/aromatic N) is 1. The summed E-state index contributed by atoms with van der Waals surface area (Å²) in [5.41, 5.74) is 2.26. The van der Waals surface area contributed by atoms with Gasteiger partial charge in [-0.05, 0) is 78.7 Å². The summed E-state index contributed by atoms with van der Waals surface area (Å²) in [6.45, 7) is 2.91. The summed E-state index contributed by atoms with van der Waals surface area (Å²) in [6, 6.07) is 22.1. The highest BCUT2D eigenvalue weighted by atomic mass is 79.9. The lowest BCUT2D eigenvalue weighted by Crippen LogP contribution is -2.08. The van der Waals surface area contributed by atoms with Gasteiger partial charge in [0.25, 0.3) is 0 Å². The van der Waals surface area contributed by atoms with Crippen molar-refractivity contribution in [2.24, 2.45) is 4.99 Å². The van der Waals surface area contributed by atoms with Crippen LogP contribution in [0.1, 0.15) is 54.9 Å². The molecule has 0 aromatic heterocycles. The summed E-state index contributed by atoms with van der Waals surface area (Å²) in [6.07, 6.45) is 7.78. The van der Waals surface area contributed by atoms with E-state index in [1.54, 1.807) is 30.5 Å². The Morgan fingerprint density at radius 3 is 2.34 bits per heavy atom. The van der Waals surface area contributed by atoms with E-state index in [0.29, 0.717) is 17.9 Å². The molecule has 0 aliphatic heterocycles. The number of hydrogen-bond acceptors (Lipinski definition) is 4. The van der Waals surface area contributed by atoms with E-state index in [0.717, 1.165) is 27.9 Å². The molecule has 0 bridgehead atoms. The van der Waals surface area contributed by atoms with Gasteiger partial charge in [-0.2, -0.15) is 0 Å². The van der Waals surface area contributed by atoms with Gasteiger partial charge in [-0.15, -0.1) is 0 Å². The van der Waals surface area contributed by atoms with E-state index in [1.807, 2.05) is 48.5 Å². The van der Waals surface area contributed by atoms with Crippen LogP contribution in [0.25, 0.3) is 0 Å². The molecule has 5 heteroatoms. The maximum atomic E-state index is 12.4. The van der Waals surface area contributed by atoms with Gasteiger partial charge in [-0.1, -0.05) is 54.6 Å². The van der Waals surface area contributed by atoms with Crippen molar-refractivity contribution in [3.05, 3.63) is 88.4 Å². The maximum Gasteiger partial charge on any atom is 0.343 e. The van der Waals surface area contributed by atoms with Gasteiger partial charge in [-0.25, -0.2) is 4.79 Å². The molecule has 0 saturated heterocycles. The van der Waals surface area contributed by atoms with Crippen LogP contribution in [0, 0.1) is 0 Å². The molecular weight excluding hydrogens is 466 g/mol. The third kappa shape index (κ3) is 7.97. The van der Waals surface area contributed by atoms with Gasteiger partial charge < -0.3 is 9.47 Å². The number of rotatable bonds is 11. The van der Waals surface area contributed by atoms with Crippen molar-refractivity contribution >= 4 is 33.8 Å². The number of carbonyl (C=O) groups is 1. The molecule has 4 nitrogen and oxygen atoms in total. The van der Waals surface area contributed by atoms with Crippen LogP contribution in [-0.2, 0) is 0 Å². The molecule has 32 heavy (non-hydrogen) atoms. The number of halogens is 1. The average molecular weight is 494 g/mol. The fourth-order valence-corrected chi connectivity index (χ4v) is 3.46. The van der Waals surface area contributed by atoms with E-state index < -0.39 is 5.97 Å². The summed E-state index contributed by atoms with van der Waals surface area (Å²) in [5.74, 6) is 0.861. The number of hydrogen-bond donors (Lipinski definition) is 0. The lowest BCUT2D eigenvalue weighted by atomic mass is 10.2. The number of carbonyl (C=O) groups excluding carboxylic acids is 1. The molecule has 166 valence electrons. The Morgan fingerprint density at radius 1 is 0.906 bits per heavy atom. The first kappa shape index (κ1) is 23.7. The van der Waals surface area contributed by atoms with E-state index in [1.165, 1.54) is 25.7 Å². The van der Waals surface area contributed by atoms with E-state index in [-0.39, 0.29) is 0 Å². The summed E-state index contributed by atoms with van der Waals surface area (Å²) in [4.78, 5) is 16.9. The Labute approximate surface area is 198 Å². The fraction of sp³-hybridized carbons (Fsp3) is 0.259. The average Bonchev–Trinajstić information content (AvgIpc) is 2.81. The van der Waals surface area contributed by atoms with Crippen LogP contribution in [0.2, 0.25) is 0 Å². The highest BCUT2D eigenvalue weighted by Gasteiger charge is 2.09. The molecule has 0 aliphatic rings. The summed E-state index contributed by atoms with van der Waals surface area (Å²) >= 11 is 3.44. The zero-order chi connectivity index (χ0) is 22.6. The Hall–Kier alpha value is -2.92. The number of unbranched alkanes of at least 4 members (excludes halogenated alkanes) is 4. The van der Waals surface area contributed by atoms with Gasteiger partial charge in [0, 0.05) is 10.7 Å². The standard InChI is InChI=1S/C27H28BrNO3/c1-2-3-4-5-6-18-31-25-16-12-22(13-17-25)27(30)32-26-14-10-21(11-15-26)20-29-24-9-7-8-23(28)19-24/h7-17,19-20H,2-6,18H2,1H3. The molecular formula is C27H28BrNO3. The van der Waals surface area contributed by atoms with Crippen molar-refractivity contribution in [1.82, 2.24) is 0 Å². The number of aliphatic imine (C=N–C) groups is 1.